The molecule has 0 saturated heterocycles. The van der Waals surface area contributed by atoms with E-state index in [9.17, 15) is 9.59 Å². The molecule has 0 saturated carbocycles. The third kappa shape index (κ3) is 3.44. The zero-order chi connectivity index (χ0) is 14.2. The number of rotatable bonds is 3. The van der Waals surface area contributed by atoms with E-state index in [1.807, 2.05) is 12.1 Å². The minimum atomic E-state index is -0.0128. The molecule has 1 heterocycles. The lowest BCUT2D eigenvalue weighted by Crippen LogP contribution is -2.09. The van der Waals surface area contributed by atoms with Crippen LogP contribution >= 0.6 is 15.9 Å². The summed E-state index contributed by atoms with van der Waals surface area (Å²) in [5, 5.41) is 2.78. The van der Waals surface area contributed by atoms with Crippen LogP contribution in [0.2, 0.25) is 0 Å². The Hall–Kier alpha value is -1.16. The fourth-order valence-electron chi connectivity index (χ4n) is 2.08. The summed E-state index contributed by atoms with van der Waals surface area (Å²) < 4.78 is 0.757. The molecule has 1 aliphatic heterocycles. The number of ketones is 1. The predicted octanol–water partition coefficient (Wildman–Crippen LogP) is 3.95. The molecule has 0 unspecified atom stereocenters. The number of carbonyl (C=O) groups excluding carboxylic acids is 2. The third-order valence-corrected chi connectivity index (χ3v) is 3.88. The van der Waals surface area contributed by atoms with Crippen molar-refractivity contribution in [3.8, 4) is 0 Å². The third-order valence-electron chi connectivity index (χ3n) is 3.22. The lowest BCUT2D eigenvalue weighted by atomic mass is 9.88. The van der Waals surface area contributed by atoms with Crippen molar-refractivity contribution < 1.29 is 9.59 Å². The van der Waals surface area contributed by atoms with Crippen LogP contribution in [0.1, 0.15) is 49.5 Å². The number of Topliss-reactive ketones (excluding diaryl/α,β-unsaturated/α-hetero) is 1. The molecule has 1 aliphatic rings. The van der Waals surface area contributed by atoms with Gasteiger partial charge in [0.2, 0.25) is 5.91 Å². The Bertz CT molecular complexity index is 544. The Labute approximate surface area is 121 Å². The molecule has 1 N–H and O–H groups in total. The Balaban J connectivity index is 2.19. The van der Waals surface area contributed by atoms with Gasteiger partial charge in [-0.1, -0.05) is 20.8 Å². The summed E-state index contributed by atoms with van der Waals surface area (Å²) in [6.45, 7) is 6.38. The normalized spacial score (nSPS) is 14.2. The molecular formula is C15H18BrNO2. The molecule has 0 aromatic heterocycles. The van der Waals surface area contributed by atoms with Gasteiger partial charge in [-0.2, -0.15) is 0 Å². The van der Waals surface area contributed by atoms with E-state index in [2.05, 4.69) is 42.0 Å². The fourth-order valence-corrected chi connectivity index (χ4v) is 2.65. The van der Waals surface area contributed by atoms with Crippen LogP contribution in [0.25, 0.3) is 0 Å². The van der Waals surface area contributed by atoms with Gasteiger partial charge in [-0.05, 0) is 45.5 Å². The van der Waals surface area contributed by atoms with Gasteiger partial charge >= 0.3 is 0 Å². The predicted molar refractivity (Wildman–Crippen MR) is 79.5 cm³/mol. The summed E-state index contributed by atoms with van der Waals surface area (Å²) in [5.41, 5.74) is 2.55. The minimum absolute atomic E-state index is 0.0128. The summed E-state index contributed by atoms with van der Waals surface area (Å²) in [4.78, 5) is 23.6. The smallest absolute Gasteiger partial charge is 0.228 e. The first kappa shape index (κ1) is 14.3. The van der Waals surface area contributed by atoms with E-state index in [1.54, 1.807) is 0 Å². The van der Waals surface area contributed by atoms with E-state index in [4.69, 9.17) is 0 Å². The Morgan fingerprint density at radius 1 is 1.37 bits per heavy atom. The van der Waals surface area contributed by atoms with Gasteiger partial charge < -0.3 is 5.32 Å². The number of carbonyl (C=O) groups is 2. The molecule has 4 heteroatoms. The van der Waals surface area contributed by atoms with Gasteiger partial charge in [-0.3, -0.25) is 9.59 Å². The van der Waals surface area contributed by atoms with Crippen LogP contribution in [0.15, 0.2) is 16.6 Å². The number of hydrogen-bond donors (Lipinski definition) is 1. The molecule has 0 aliphatic carbocycles. The first-order valence-corrected chi connectivity index (χ1v) is 7.21. The molecule has 1 aromatic rings. The van der Waals surface area contributed by atoms with Crippen molar-refractivity contribution in [3.63, 3.8) is 0 Å². The van der Waals surface area contributed by atoms with Crippen molar-refractivity contribution >= 4 is 33.3 Å². The number of benzene rings is 1. The van der Waals surface area contributed by atoms with Gasteiger partial charge in [-0.15, -0.1) is 0 Å². The van der Waals surface area contributed by atoms with Gasteiger partial charge in [0.25, 0.3) is 0 Å². The highest BCUT2D eigenvalue weighted by Gasteiger charge is 2.22. The highest BCUT2D eigenvalue weighted by atomic mass is 79.9. The zero-order valence-corrected chi connectivity index (χ0v) is 13.1. The quantitative estimate of drug-likeness (QED) is 0.856. The van der Waals surface area contributed by atoms with E-state index in [0.717, 1.165) is 22.1 Å². The van der Waals surface area contributed by atoms with E-state index < -0.39 is 0 Å². The van der Waals surface area contributed by atoms with E-state index >= 15 is 0 Å². The summed E-state index contributed by atoms with van der Waals surface area (Å²) in [7, 11) is 0. The second-order valence-electron chi connectivity index (χ2n) is 6.20. The fraction of sp³-hybridized carbons (Fsp3) is 0.467. The van der Waals surface area contributed by atoms with Crippen molar-refractivity contribution in [1.29, 1.82) is 0 Å². The zero-order valence-electron chi connectivity index (χ0n) is 11.5. The standard InChI is InChI=1S/C15H18BrNO2/c1-15(2,3)5-4-13(18)10-6-9-7-14(19)17-12(9)8-11(10)16/h6,8H,4-5,7H2,1-3H3,(H,17,19). The summed E-state index contributed by atoms with van der Waals surface area (Å²) >= 11 is 3.42. The second-order valence-corrected chi connectivity index (χ2v) is 7.05. The van der Waals surface area contributed by atoms with Crippen molar-refractivity contribution in [1.82, 2.24) is 0 Å². The number of hydrogen-bond acceptors (Lipinski definition) is 2. The molecular weight excluding hydrogens is 306 g/mol. The largest absolute Gasteiger partial charge is 0.325 e. The van der Waals surface area contributed by atoms with E-state index in [0.29, 0.717) is 18.4 Å². The molecule has 19 heavy (non-hydrogen) atoms. The van der Waals surface area contributed by atoms with Crippen LogP contribution in [-0.2, 0) is 11.2 Å². The lowest BCUT2D eigenvalue weighted by molar-refractivity contribution is -0.115. The van der Waals surface area contributed by atoms with Gasteiger partial charge in [0.1, 0.15) is 0 Å². The molecule has 0 atom stereocenters. The molecule has 0 fully saturated rings. The first-order chi connectivity index (χ1) is 8.76. The van der Waals surface area contributed by atoms with Crippen LogP contribution in [0.3, 0.4) is 0 Å². The first-order valence-electron chi connectivity index (χ1n) is 6.42. The maximum atomic E-state index is 12.3. The number of amides is 1. The Kier molecular flexibility index (Phi) is 3.81. The number of halogens is 1. The average Bonchev–Trinajstić information content (AvgIpc) is 2.63. The molecule has 3 nitrogen and oxygen atoms in total. The molecule has 1 amide bonds. The van der Waals surface area contributed by atoms with Crippen LogP contribution in [-0.4, -0.2) is 11.7 Å². The van der Waals surface area contributed by atoms with Crippen LogP contribution in [0.5, 0.6) is 0 Å². The molecule has 1 aromatic carbocycles. The van der Waals surface area contributed by atoms with Crippen molar-refractivity contribution in [2.45, 2.75) is 40.0 Å². The topological polar surface area (TPSA) is 46.2 Å². The maximum Gasteiger partial charge on any atom is 0.228 e. The molecule has 0 radical (unpaired) electrons. The second kappa shape index (κ2) is 5.08. The summed E-state index contributed by atoms with van der Waals surface area (Å²) in [5.74, 6) is 0.116. The number of anilines is 1. The van der Waals surface area contributed by atoms with Crippen molar-refractivity contribution in [3.05, 3.63) is 27.7 Å². The van der Waals surface area contributed by atoms with Gasteiger partial charge in [0.05, 0.1) is 6.42 Å². The molecule has 0 spiro atoms. The van der Waals surface area contributed by atoms with Gasteiger partial charge in [-0.25, -0.2) is 0 Å². The number of fused-ring (bicyclic) bond motifs is 1. The van der Waals surface area contributed by atoms with Crippen LogP contribution in [0.4, 0.5) is 5.69 Å². The summed E-state index contributed by atoms with van der Waals surface area (Å²) in [6, 6.07) is 3.66. The summed E-state index contributed by atoms with van der Waals surface area (Å²) in [6.07, 6.45) is 1.75. The minimum Gasteiger partial charge on any atom is -0.325 e. The van der Waals surface area contributed by atoms with Gasteiger partial charge in [0, 0.05) is 22.1 Å². The maximum absolute atomic E-state index is 12.3. The van der Waals surface area contributed by atoms with Crippen LogP contribution < -0.4 is 5.32 Å². The van der Waals surface area contributed by atoms with E-state index in [-0.39, 0.29) is 17.1 Å². The molecule has 102 valence electrons. The Morgan fingerprint density at radius 2 is 2.05 bits per heavy atom. The monoisotopic (exact) mass is 323 g/mol. The average molecular weight is 324 g/mol. The van der Waals surface area contributed by atoms with Crippen molar-refractivity contribution in [2.24, 2.45) is 5.41 Å². The van der Waals surface area contributed by atoms with Crippen molar-refractivity contribution in [2.75, 3.05) is 5.32 Å². The Morgan fingerprint density at radius 3 is 2.68 bits per heavy atom. The van der Waals surface area contributed by atoms with E-state index in [1.165, 1.54) is 0 Å². The van der Waals surface area contributed by atoms with Crippen LogP contribution in [0, 0.1) is 5.41 Å². The SMILES string of the molecule is CC(C)(C)CCC(=O)c1cc2c(cc1Br)NC(=O)C2. The van der Waals surface area contributed by atoms with Gasteiger partial charge in [0.15, 0.2) is 5.78 Å². The molecule has 2 rings (SSSR count). The highest BCUT2D eigenvalue weighted by molar-refractivity contribution is 9.10. The lowest BCUT2D eigenvalue weighted by Gasteiger charge is -2.17. The molecule has 0 bridgehead atoms. The highest BCUT2D eigenvalue weighted by Crippen LogP contribution is 2.31. The number of nitrogens with one attached hydrogen (secondary N) is 1.